The molecule has 5 nitrogen and oxygen atoms in total. The first-order chi connectivity index (χ1) is 11.8. The third-order valence-electron chi connectivity index (χ3n) is 4.87. The molecule has 0 radical (unpaired) electrons. The predicted molar refractivity (Wildman–Crippen MR) is 90.8 cm³/mol. The summed E-state index contributed by atoms with van der Waals surface area (Å²) in [7, 11) is 0. The zero-order chi connectivity index (χ0) is 16.4. The van der Waals surface area contributed by atoms with E-state index in [-0.39, 0.29) is 12.2 Å². The number of ether oxygens (including phenoxy) is 2. The van der Waals surface area contributed by atoms with Crippen molar-refractivity contribution in [1.29, 1.82) is 0 Å². The Labute approximate surface area is 142 Å². The van der Waals surface area contributed by atoms with Gasteiger partial charge in [-0.3, -0.25) is 9.88 Å². The van der Waals surface area contributed by atoms with Crippen molar-refractivity contribution in [1.82, 2.24) is 14.9 Å². The van der Waals surface area contributed by atoms with Gasteiger partial charge in [0, 0.05) is 37.1 Å². The number of hydrogen-bond donors (Lipinski definition) is 0. The molecule has 2 aromatic rings. The molecule has 24 heavy (non-hydrogen) atoms. The van der Waals surface area contributed by atoms with Crippen LogP contribution < -0.4 is 4.74 Å². The molecule has 3 atom stereocenters. The Kier molecular flexibility index (Phi) is 4.45. The second-order valence-corrected chi connectivity index (χ2v) is 6.55. The second-order valence-electron chi connectivity index (χ2n) is 6.55. The summed E-state index contributed by atoms with van der Waals surface area (Å²) in [6.45, 7) is 4.61. The van der Waals surface area contributed by atoms with E-state index in [1.807, 2.05) is 31.2 Å². The molecule has 0 unspecified atom stereocenters. The minimum atomic E-state index is 0.0816. The van der Waals surface area contributed by atoms with Crippen LogP contribution in [0.3, 0.4) is 0 Å². The van der Waals surface area contributed by atoms with Crippen LogP contribution in [0, 0.1) is 6.92 Å². The summed E-state index contributed by atoms with van der Waals surface area (Å²) in [5.74, 6) is 0.684. The number of morpholine rings is 1. The van der Waals surface area contributed by atoms with E-state index in [4.69, 9.17) is 9.47 Å². The van der Waals surface area contributed by atoms with Gasteiger partial charge in [0.2, 0.25) is 5.88 Å². The molecule has 5 heteroatoms. The number of fused-ring (bicyclic) bond motifs is 1. The third kappa shape index (κ3) is 3.28. The molecule has 0 bridgehead atoms. The standard InChI is InChI=1S/C19H23N3O2/c1-14-5-4-6-15(21-14)13-22-11-12-23-19-16(22)8-9-17(19)24-18-7-2-3-10-20-18/h2-7,10,16-17,19H,8-9,11-13H2,1H3/t16-,17+,19+/m1/s1. The van der Waals surface area contributed by atoms with Crippen LogP contribution in [-0.4, -0.2) is 46.3 Å². The maximum absolute atomic E-state index is 6.08. The van der Waals surface area contributed by atoms with Gasteiger partial charge in [0.25, 0.3) is 0 Å². The molecule has 126 valence electrons. The van der Waals surface area contributed by atoms with Crippen molar-refractivity contribution in [2.24, 2.45) is 0 Å². The van der Waals surface area contributed by atoms with Gasteiger partial charge in [-0.2, -0.15) is 0 Å². The molecule has 1 aliphatic heterocycles. The van der Waals surface area contributed by atoms with E-state index in [9.17, 15) is 0 Å². The van der Waals surface area contributed by atoms with Crippen LogP contribution in [0.15, 0.2) is 42.6 Å². The number of hydrogen-bond acceptors (Lipinski definition) is 5. The Morgan fingerprint density at radius 1 is 1.21 bits per heavy atom. The van der Waals surface area contributed by atoms with E-state index in [0.29, 0.717) is 11.9 Å². The van der Waals surface area contributed by atoms with Crippen LogP contribution in [0.1, 0.15) is 24.2 Å². The van der Waals surface area contributed by atoms with Gasteiger partial charge in [0.15, 0.2) is 0 Å². The topological polar surface area (TPSA) is 47.5 Å². The smallest absolute Gasteiger partial charge is 0.213 e. The fourth-order valence-electron chi connectivity index (χ4n) is 3.78. The van der Waals surface area contributed by atoms with Crippen molar-refractivity contribution in [2.75, 3.05) is 13.2 Å². The molecule has 0 N–H and O–H groups in total. The van der Waals surface area contributed by atoms with Gasteiger partial charge >= 0.3 is 0 Å². The fourth-order valence-corrected chi connectivity index (χ4v) is 3.78. The molecule has 2 aromatic heterocycles. The van der Waals surface area contributed by atoms with Crippen molar-refractivity contribution < 1.29 is 9.47 Å². The molecule has 2 fully saturated rings. The van der Waals surface area contributed by atoms with Gasteiger partial charge in [0.1, 0.15) is 12.2 Å². The predicted octanol–water partition coefficient (Wildman–Crippen LogP) is 2.60. The van der Waals surface area contributed by atoms with E-state index in [0.717, 1.165) is 43.9 Å². The summed E-state index contributed by atoms with van der Waals surface area (Å²) in [5, 5.41) is 0. The van der Waals surface area contributed by atoms with Crippen molar-refractivity contribution >= 4 is 0 Å². The molecule has 3 heterocycles. The molecule has 4 rings (SSSR count). The minimum Gasteiger partial charge on any atom is -0.472 e. The molecule has 1 saturated carbocycles. The lowest BCUT2D eigenvalue weighted by Gasteiger charge is -2.38. The monoisotopic (exact) mass is 325 g/mol. The van der Waals surface area contributed by atoms with Crippen LogP contribution in [0.4, 0.5) is 0 Å². The van der Waals surface area contributed by atoms with E-state index < -0.39 is 0 Å². The lowest BCUT2D eigenvalue weighted by molar-refractivity contribution is -0.0925. The Morgan fingerprint density at radius 2 is 2.17 bits per heavy atom. The van der Waals surface area contributed by atoms with Gasteiger partial charge in [-0.1, -0.05) is 12.1 Å². The summed E-state index contributed by atoms with van der Waals surface area (Å²) in [6, 6.07) is 12.4. The Morgan fingerprint density at radius 3 is 3.00 bits per heavy atom. The van der Waals surface area contributed by atoms with Crippen LogP contribution in [-0.2, 0) is 11.3 Å². The zero-order valence-electron chi connectivity index (χ0n) is 14.0. The van der Waals surface area contributed by atoms with Crippen molar-refractivity contribution in [2.45, 2.75) is 44.6 Å². The molecule has 0 spiro atoms. The SMILES string of the molecule is Cc1cccc(CN2CCO[C@@H]3[C@@H](Oc4ccccn4)CC[C@H]32)n1. The first kappa shape index (κ1) is 15.5. The number of rotatable bonds is 4. The minimum absolute atomic E-state index is 0.0816. The van der Waals surface area contributed by atoms with Crippen LogP contribution in [0.2, 0.25) is 0 Å². The lowest BCUT2D eigenvalue weighted by Crippen LogP contribution is -2.51. The Balaban J connectivity index is 1.44. The highest BCUT2D eigenvalue weighted by Gasteiger charge is 2.44. The highest BCUT2D eigenvalue weighted by molar-refractivity contribution is 5.13. The number of nitrogens with zero attached hydrogens (tertiary/aromatic N) is 3. The van der Waals surface area contributed by atoms with E-state index in [1.54, 1.807) is 6.20 Å². The van der Waals surface area contributed by atoms with Crippen LogP contribution >= 0.6 is 0 Å². The van der Waals surface area contributed by atoms with Gasteiger partial charge in [0.05, 0.1) is 12.3 Å². The van der Waals surface area contributed by atoms with Gasteiger partial charge in [-0.25, -0.2) is 4.98 Å². The highest BCUT2D eigenvalue weighted by Crippen LogP contribution is 2.33. The molecule has 1 aliphatic carbocycles. The zero-order valence-corrected chi connectivity index (χ0v) is 14.0. The summed E-state index contributed by atoms with van der Waals surface area (Å²) < 4.78 is 12.1. The van der Waals surface area contributed by atoms with Crippen LogP contribution in [0.25, 0.3) is 0 Å². The quantitative estimate of drug-likeness (QED) is 0.865. The summed E-state index contributed by atoms with van der Waals surface area (Å²) in [4.78, 5) is 11.4. The molecule has 0 amide bonds. The number of aromatic nitrogens is 2. The van der Waals surface area contributed by atoms with Gasteiger partial charge < -0.3 is 9.47 Å². The first-order valence-electron chi connectivity index (χ1n) is 8.65. The summed E-state index contributed by atoms with van der Waals surface area (Å²) in [5.41, 5.74) is 2.20. The molecule has 1 saturated heterocycles. The van der Waals surface area contributed by atoms with Crippen molar-refractivity contribution in [3.05, 3.63) is 54.0 Å². The Bertz CT molecular complexity index is 679. The molecular formula is C19H23N3O2. The summed E-state index contributed by atoms with van der Waals surface area (Å²) in [6.07, 6.45) is 4.06. The van der Waals surface area contributed by atoms with Gasteiger partial charge in [-0.05, 0) is 38.0 Å². The second kappa shape index (κ2) is 6.87. The largest absolute Gasteiger partial charge is 0.472 e. The normalized spacial score (nSPS) is 27.0. The molecule has 0 aromatic carbocycles. The van der Waals surface area contributed by atoms with E-state index >= 15 is 0 Å². The maximum atomic E-state index is 6.08. The van der Waals surface area contributed by atoms with Crippen molar-refractivity contribution in [3.63, 3.8) is 0 Å². The average molecular weight is 325 g/mol. The number of pyridine rings is 2. The fraction of sp³-hybridized carbons (Fsp3) is 0.474. The lowest BCUT2D eigenvalue weighted by atomic mass is 10.1. The van der Waals surface area contributed by atoms with E-state index in [1.165, 1.54) is 0 Å². The maximum Gasteiger partial charge on any atom is 0.213 e. The molecule has 2 aliphatic rings. The molecular weight excluding hydrogens is 302 g/mol. The number of aryl methyl sites for hydroxylation is 1. The van der Waals surface area contributed by atoms with Crippen LogP contribution in [0.5, 0.6) is 5.88 Å². The average Bonchev–Trinajstić information content (AvgIpc) is 3.00. The summed E-state index contributed by atoms with van der Waals surface area (Å²) >= 11 is 0. The highest BCUT2D eigenvalue weighted by atomic mass is 16.5. The third-order valence-corrected chi connectivity index (χ3v) is 4.87. The van der Waals surface area contributed by atoms with Crippen molar-refractivity contribution in [3.8, 4) is 5.88 Å². The Hall–Kier alpha value is -1.98. The van der Waals surface area contributed by atoms with E-state index in [2.05, 4.69) is 27.0 Å². The van der Waals surface area contributed by atoms with Gasteiger partial charge in [-0.15, -0.1) is 0 Å². The first-order valence-corrected chi connectivity index (χ1v) is 8.65.